The minimum atomic E-state index is -0.565. The van der Waals surface area contributed by atoms with E-state index in [2.05, 4.69) is 17.2 Å². The molecule has 2 aromatic rings. The lowest BCUT2D eigenvalue weighted by Crippen LogP contribution is -2.01. The molecule has 1 aromatic heterocycles. The van der Waals surface area contributed by atoms with Gasteiger partial charge in [0.15, 0.2) is 0 Å². The van der Waals surface area contributed by atoms with Crippen LogP contribution in [0.3, 0.4) is 0 Å². The summed E-state index contributed by atoms with van der Waals surface area (Å²) in [5.41, 5.74) is 5.61. The third kappa shape index (κ3) is 1.85. The van der Waals surface area contributed by atoms with E-state index in [1.165, 1.54) is 24.0 Å². The molecule has 3 nitrogen and oxygen atoms in total. The zero-order valence-electron chi connectivity index (χ0n) is 10.8. The van der Waals surface area contributed by atoms with E-state index in [1.807, 2.05) is 26.2 Å². The minimum absolute atomic E-state index is 0.565. The lowest BCUT2D eigenvalue weighted by atomic mass is 9.98. The van der Waals surface area contributed by atoms with Crippen LogP contribution in [0.25, 0.3) is 0 Å². The molecular formula is C15H18N2O. The van der Waals surface area contributed by atoms with Crippen LogP contribution < -0.4 is 0 Å². The third-order valence-electron chi connectivity index (χ3n) is 3.78. The first-order valence-corrected chi connectivity index (χ1v) is 6.45. The van der Waals surface area contributed by atoms with E-state index in [-0.39, 0.29) is 0 Å². The number of aromatic nitrogens is 2. The fourth-order valence-electron chi connectivity index (χ4n) is 2.83. The molecule has 1 N–H and O–H groups in total. The van der Waals surface area contributed by atoms with Gasteiger partial charge in [0, 0.05) is 18.8 Å². The molecular weight excluding hydrogens is 224 g/mol. The molecule has 94 valence electrons. The summed E-state index contributed by atoms with van der Waals surface area (Å²) in [6.45, 7) is 1.94. The molecule has 1 aromatic carbocycles. The number of aliphatic hydroxyl groups excluding tert-OH is 1. The molecule has 0 fully saturated rings. The highest BCUT2D eigenvalue weighted by atomic mass is 16.3. The van der Waals surface area contributed by atoms with Crippen LogP contribution in [0, 0.1) is 6.92 Å². The predicted molar refractivity (Wildman–Crippen MR) is 70.5 cm³/mol. The van der Waals surface area contributed by atoms with Crippen LogP contribution in [0.4, 0.5) is 0 Å². The molecule has 1 aliphatic rings. The second-order valence-corrected chi connectivity index (χ2v) is 5.13. The molecule has 0 amide bonds. The quantitative estimate of drug-likeness (QED) is 0.877. The zero-order chi connectivity index (χ0) is 12.7. The van der Waals surface area contributed by atoms with E-state index in [4.69, 9.17) is 0 Å². The Bertz CT molecular complexity index is 586. The first-order chi connectivity index (χ1) is 8.65. The van der Waals surface area contributed by atoms with Crippen molar-refractivity contribution in [2.24, 2.45) is 7.05 Å². The highest BCUT2D eigenvalue weighted by Crippen LogP contribution is 2.29. The van der Waals surface area contributed by atoms with Gasteiger partial charge in [-0.1, -0.05) is 18.2 Å². The number of aliphatic hydroxyl groups is 1. The van der Waals surface area contributed by atoms with E-state index in [0.717, 1.165) is 23.2 Å². The molecule has 1 unspecified atom stereocenters. The Morgan fingerprint density at radius 3 is 2.78 bits per heavy atom. The van der Waals surface area contributed by atoms with Gasteiger partial charge in [-0.05, 0) is 42.9 Å². The van der Waals surface area contributed by atoms with Crippen molar-refractivity contribution in [1.29, 1.82) is 0 Å². The van der Waals surface area contributed by atoms with E-state index in [0.29, 0.717) is 0 Å². The summed E-state index contributed by atoms with van der Waals surface area (Å²) < 4.78 is 1.75. The second-order valence-electron chi connectivity index (χ2n) is 5.13. The van der Waals surface area contributed by atoms with Crippen LogP contribution in [-0.2, 0) is 19.9 Å². The van der Waals surface area contributed by atoms with Gasteiger partial charge in [0.1, 0.15) is 6.10 Å². The summed E-state index contributed by atoms with van der Waals surface area (Å²) in [7, 11) is 1.88. The summed E-state index contributed by atoms with van der Waals surface area (Å²) in [6, 6.07) is 6.35. The Kier molecular flexibility index (Phi) is 2.71. The average molecular weight is 242 g/mol. The molecule has 0 bridgehead atoms. The third-order valence-corrected chi connectivity index (χ3v) is 3.78. The number of aryl methyl sites for hydroxylation is 4. The largest absolute Gasteiger partial charge is 0.384 e. The van der Waals surface area contributed by atoms with Gasteiger partial charge in [0.05, 0.1) is 5.69 Å². The summed E-state index contributed by atoms with van der Waals surface area (Å²) in [5.74, 6) is 0. The number of hydrogen-bond acceptors (Lipinski definition) is 2. The maximum absolute atomic E-state index is 10.5. The van der Waals surface area contributed by atoms with Crippen molar-refractivity contribution in [3.8, 4) is 0 Å². The molecule has 0 aliphatic heterocycles. The number of benzene rings is 1. The molecule has 3 rings (SSSR count). The molecule has 18 heavy (non-hydrogen) atoms. The molecule has 3 heteroatoms. The van der Waals surface area contributed by atoms with Crippen molar-refractivity contribution in [2.75, 3.05) is 0 Å². The predicted octanol–water partition coefficient (Wildman–Crippen LogP) is 2.30. The lowest BCUT2D eigenvalue weighted by molar-refractivity contribution is 0.219. The Morgan fingerprint density at radius 2 is 2.06 bits per heavy atom. The Balaban J connectivity index is 1.97. The topological polar surface area (TPSA) is 38.0 Å². The number of nitrogens with zero attached hydrogens (tertiary/aromatic N) is 2. The molecule has 1 heterocycles. The number of fused-ring (bicyclic) bond motifs is 1. The van der Waals surface area contributed by atoms with Crippen molar-refractivity contribution in [2.45, 2.75) is 32.3 Å². The Morgan fingerprint density at radius 1 is 1.28 bits per heavy atom. The van der Waals surface area contributed by atoms with Crippen LogP contribution in [0.2, 0.25) is 0 Å². The fourth-order valence-corrected chi connectivity index (χ4v) is 2.83. The minimum Gasteiger partial charge on any atom is -0.384 e. The van der Waals surface area contributed by atoms with Crippen LogP contribution >= 0.6 is 0 Å². The highest BCUT2D eigenvalue weighted by molar-refractivity contribution is 5.39. The van der Waals surface area contributed by atoms with Gasteiger partial charge in [-0.3, -0.25) is 4.68 Å². The Hall–Kier alpha value is -1.61. The monoisotopic (exact) mass is 242 g/mol. The zero-order valence-corrected chi connectivity index (χ0v) is 10.8. The summed E-state index contributed by atoms with van der Waals surface area (Å²) in [6.07, 6.45) is 4.89. The molecule has 0 spiro atoms. The van der Waals surface area contributed by atoms with Crippen molar-refractivity contribution in [3.05, 3.63) is 52.3 Å². The maximum atomic E-state index is 10.5. The lowest BCUT2D eigenvalue weighted by Gasteiger charge is -2.11. The maximum Gasteiger partial charge on any atom is 0.107 e. The van der Waals surface area contributed by atoms with E-state index < -0.39 is 6.10 Å². The number of hydrogen-bond donors (Lipinski definition) is 1. The molecule has 0 saturated carbocycles. The van der Waals surface area contributed by atoms with E-state index in [1.54, 1.807) is 4.68 Å². The fraction of sp³-hybridized carbons (Fsp3) is 0.400. The smallest absolute Gasteiger partial charge is 0.107 e. The first kappa shape index (κ1) is 11.5. The van der Waals surface area contributed by atoms with E-state index >= 15 is 0 Å². The number of rotatable bonds is 2. The Labute approximate surface area is 107 Å². The van der Waals surface area contributed by atoms with Crippen molar-refractivity contribution >= 4 is 0 Å². The summed E-state index contributed by atoms with van der Waals surface area (Å²) in [4.78, 5) is 0. The van der Waals surface area contributed by atoms with Gasteiger partial charge in [0.25, 0.3) is 0 Å². The molecule has 1 atom stereocenters. The molecule has 0 saturated heterocycles. The van der Waals surface area contributed by atoms with Gasteiger partial charge < -0.3 is 5.11 Å². The van der Waals surface area contributed by atoms with Crippen LogP contribution in [0.5, 0.6) is 0 Å². The van der Waals surface area contributed by atoms with Gasteiger partial charge in [-0.15, -0.1) is 0 Å². The first-order valence-electron chi connectivity index (χ1n) is 6.45. The van der Waals surface area contributed by atoms with Gasteiger partial charge in [0.2, 0.25) is 0 Å². The highest BCUT2D eigenvalue weighted by Gasteiger charge is 2.18. The molecule has 0 radical (unpaired) electrons. The SMILES string of the molecule is Cc1nn(C)cc1C(O)c1ccc2c(c1)CCC2. The van der Waals surface area contributed by atoms with Crippen molar-refractivity contribution < 1.29 is 5.11 Å². The summed E-state index contributed by atoms with van der Waals surface area (Å²) in [5, 5.41) is 14.8. The van der Waals surface area contributed by atoms with Gasteiger partial charge >= 0.3 is 0 Å². The standard InChI is InChI=1S/C15H18N2O/c1-10-14(9-17(2)16-10)15(18)13-7-6-11-4-3-5-12(11)8-13/h6-9,15,18H,3-5H2,1-2H3. The van der Waals surface area contributed by atoms with Crippen LogP contribution in [-0.4, -0.2) is 14.9 Å². The summed E-state index contributed by atoms with van der Waals surface area (Å²) >= 11 is 0. The van der Waals surface area contributed by atoms with Crippen molar-refractivity contribution in [1.82, 2.24) is 9.78 Å². The normalized spacial score (nSPS) is 15.7. The second kappa shape index (κ2) is 4.25. The van der Waals surface area contributed by atoms with Gasteiger partial charge in [-0.2, -0.15) is 5.10 Å². The van der Waals surface area contributed by atoms with E-state index in [9.17, 15) is 5.11 Å². The average Bonchev–Trinajstić information content (AvgIpc) is 2.93. The molecule has 1 aliphatic carbocycles. The van der Waals surface area contributed by atoms with Gasteiger partial charge in [-0.25, -0.2) is 0 Å². The van der Waals surface area contributed by atoms with Crippen molar-refractivity contribution in [3.63, 3.8) is 0 Å². The van der Waals surface area contributed by atoms with Crippen LogP contribution in [0.15, 0.2) is 24.4 Å². The van der Waals surface area contributed by atoms with Crippen LogP contribution in [0.1, 0.15) is 40.5 Å².